The summed E-state index contributed by atoms with van der Waals surface area (Å²) in [5.41, 5.74) is 1.81. The van der Waals surface area contributed by atoms with Crippen molar-refractivity contribution in [2.24, 2.45) is 5.92 Å². The van der Waals surface area contributed by atoms with E-state index in [-0.39, 0.29) is 11.8 Å². The summed E-state index contributed by atoms with van der Waals surface area (Å²) in [6.45, 7) is 5.51. The lowest BCUT2D eigenvalue weighted by molar-refractivity contribution is -0.126. The zero-order valence-corrected chi connectivity index (χ0v) is 13.9. The number of nitrogens with zero attached hydrogens (tertiary/aromatic N) is 3. The van der Waals surface area contributed by atoms with Crippen LogP contribution in [-0.4, -0.2) is 42.2 Å². The molecule has 0 aromatic carbocycles. The maximum atomic E-state index is 12.3. The van der Waals surface area contributed by atoms with Crippen LogP contribution in [0.25, 0.3) is 0 Å². The van der Waals surface area contributed by atoms with Gasteiger partial charge in [-0.2, -0.15) is 0 Å². The van der Waals surface area contributed by atoms with Gasteiger partial charge in [-0.25, -0.2) is 9.97 Å². The first-order valence-electron chi connectivity index (χ1n) is 8.67. The Bertz CT molecular complexity index is 537. The fourth-order valence-electron chi connectivity index (χ4n) is 3.30. The van der Waals surface area contributed by atoms with Crippen LogP contribution in [0, 0.1) is 12.8 Å². The van der Waals surface area contributed by atoms with Gasteiger partial charge in [-0.3, -0.25) is 4.79 Å². The van der Waals surface area contributed by atoms with Gasteiger partial charge in [0, 0.05) is 24.7 Å². The smallest absolute Gasteiger partial charge is 0.225 e. The molecular weight excluding hydrogens is 292 g/mol. The van der Waals surface area contributed by atoms with Crippen LogP contribution < -0.4 is 10.2 Å². The highest BCUT2D eigenvalue weighted by Gasteiger charge is 2.21. The Morgan fingerprint density at radius 2 is 2.00 bits per heavy atom. The van der Waals surface area contributed by atoms with Gasteiger partial charge in [0.05, 0.1) is 25.5 Å². The number of ether oxygens (including phenoxy) is 1. The van der Waals surface area contributed by atoms with E-state index in [4.69, 9.17) is 4.74 Å². The molecule has 6 heteroatoms. The first kappa shape index (κ1) is 16.2. The SMILES string of the molecule is Cc1cc(CNC(=O)C2CCCCC2)nc(N2CCOCC2)n1. The minimum Gasteiger partial charge on any atom is -0.378 e. The number of hydrogen-bond acceptors (Lipinski definition) is 5. The van der Waals surface area contributed by atoms with Crippen LogP contribution >= 0.6 is 0 Å². The first-order chi connectivity index (χ1) is 11.2. The highest BCUT2D eigenvalue weighted by atomic mass is 16.5. The van der Waals surface area contributed by atoms with Crippen molar-refractivity contribution in [3.05, 3.63) is 17.5 Å². The number of morpholine rings is 1. The summed E-state index contributed by atoms with van der Waals surface area (Å²) in [6, 6.07) is 1.95. The first-order valence-corrected chi connectivity index (χ1v) is 8.67. The third kappa shape index (κ3) is 4.41. The van der Waals surface area contributed by atoms with Gasteiger partial charge >= 0.3 is 0 Å². The molecule has 1 aliphatic heterocycles. The third-order valence-corrected chi connectivity index (χ3v) is 4.61. The van der Waals surface area contributed by atoms with E-state index in [2.05, 4.69) is 20.2 Å². The number of amides is 1. The van der Waals surface area contributed by atoms with E-state index in [0.717, 1.165) is 43.3 Å². The maximum absolute atomic E-state index is 12.3. The Morgan fingerprint density at radius 3 is 2.74 bits per heavy atom. The number of nitrogens with one attached hydrogen (secondary N) is 1. The molecule has 1 aromatic rings. The van der Waals surface area contributed by atoms with Gasteiger partial charge in [0.1, 0.15) is 0 Å². The Balaban J connectivity index is 1.60. The zero-order chi connectivity index (χ0) is 16.1. The van der Waals surface area contributed by atoms with E-state index in [9.17, 15) is 4.79 Å². The van der Waals surface area contributed by atoms with E-state index in [1.165, 1.54) is 19.3 Å². The Morgan fingerprint density at radius 1 is 1.26 bits per heavy atom. The van der Waals surface area contributed by atoms with Crippen LogP contribution in [-0.2, 0) is 16.1 Å². The Labute approximate surface area is 137 Å². The highest BCUT2D eigenvalue weighted by Crippen LogP contribution is 2.23. The van der Waals surface area contributed by atoms with E-state index in [0.29, 0.717) is 19.8 Å². The number of rotatable bonds is 4. The molecule has 0 atom stereocenters. The summed E-state index contributed by atoms with van der Waals surface area (Å²) in [4.78, 5) is 23.5. The minimum absolute atomic E-state index is 0.175. The number of hydrogen-bond donors (Lipinski definition) is 1. The lowest BCUT2D eigenvalue weighted by atomic mass is 9.89. The number of aryl methyl sites for hydroxylation is 1. The number of carbonyl (C=O) groups is 1. The number of aromatic nitrogens is 2. The van der Waals surface area contributed by atoms with E-state index >= 15 is 0 Å². The molecule has 1 saturated carbocycles. The van der Waals surface area contributed by atoms with Gasteiger partial charge in [0.25, 0.3) is 0 Å². The predicted molar refractivity (Wildman–Crippen MR) is 88.2 cm³/mol. The molecule has 1 amide bonds. The van der Waals surface area contributed by atoms with Gasteiger partial charge in [-0.1, -0.05) is 19.3 Å². The van der Waals surface area contributed by atoms with E-state index in [1.807, 2.05) is 13.0 Å². The molecule has 2 aliphatic rings. The molecule has 23 heavy (non-hydrogen) atoms. The second-order valence-electron chi connectivity index (χ2n) is 6.45. The topological polar surface area (TPSA) is 67.4 Å². The molecule has 1 N–H and O–H groups in total. The lowest BCUT2D eigenvalue weighted by Gasteiger charge is -2.27. The standard InChI is InChI=1S/C17H26N4O2/c1-13-11-15(12-18-16(22)14-5-3-2-4-6-14)20-17(19-13)21-7-9-23-10-8-21/h11,14H,2-10,12H2,1H3,(H,18,22). The average Bonchev–Trinajstić information content (AvgIpc) is 2.61. The normalized spacial score (nSPS) is 19.6. The van der Waals surface area contributed by atoms with Crippen molar-refractivity contribution in [2.45, 2.75) is 45.6 Å². The zero-order valence-electron chi connectivity index (χ0n) is 13.9. The van der Waals surface area contributed by atoms with Crippen molar-refractivity contribution < 1.29 is 9.53 Å². The average molecular weight is 318 g/mol. The van der Waals surface area contributed by atoms with Gasteiger partial charge in [-0.15, -0.1) is 0 Å². The molecule has 2 fully saturated rings. The van der Waals surface area contributed by atoms with Gasteiger partial charge in [-0.05, 0) is 25.8 Å². The van der Waals surface area contributed by atoms with E-state index < -0.39 is 0 Å². The molecule has 2 heterocycles. The summed E-state index contributed by atoms with van der Waals surface area (Å²) in [5.74, 6) is 1.11. The van der Waals surface area contributed by atoms with Crippen molar-refractivity contribution in [1.82, 2.24) is 15.3 Å². The minimum atomic E-state index is 0.175. The molecule has 0 radical (unpaired) electrons. The quantitative estimate of drug-likeness (QED) is 0.917. The predicted octanol–water partition coefficient (Wildman–Crippen LogP) is 1.82. The van der Waals surface area contributed by atoms with Crippen molar-refractivity contribution >= 4 is 11.9 Å². The molecular formula is C17H26N4O2. The van der Waals surface area contributed by atoms with Gasteiger partial charge < -0.3 is 15.0 Å². The van der Waals surface area contributed by atoms with Gasteiger partial charge in [0.2, 0.25) is 11.9 Å². The second-order valence-corrected chi connectivity index (χ2v) is 6.45. The Kier molecular flexibility index (Phi) is 5.43. The largest absolute Gasteiger partial charge is 0.378 e. The van der Waals surface area contributed by atoms with Crippen LogP contribution in [0.15, 0.2) is 6.07 Å². The molecule has 0 unspecified atom stereocenters. The molecule has 3 rings (SSSR count). The van der Waals surface area contributed by atoms with Crippen LogP contribution in [0.1, 0.15) is 43.5 Å². The molecule has 1 saturated heterocycles. The molecule has 126 valence electrons. The molecule has 1 aromatic heterocycles. The summed E-state index contributed by atoms with van der Waals surface area (Å²) < 4.78 is 5.37. The van der Waals surface area contributed by atoms with Crippen LogP contribution in [0.4, 0.5) is 5.95 Å². The summed E-state index contributed by atoms with van der Waals surface area (Å²) >= 11 is 0. The highest BCUT2D eigenvalue weighted by molar-refractivity contribution is 5.78. The summed E-state index contributed by atoms with van der Waals surface area (Å²) in [5, 5.41) is 3.05. The molecule has 0 bridgehead atoms. The monoisotopic (exact) mass is 318 g/mol. The van der Waals surface area contributed by atoms with Crippen molar-refractivity contribution in [2.75, 3.05) is 31.2 Å². The lowest BCUT2D eigenvalue weighted by Crippen LogP contribution is -2.38. The summed E-state index contributed by atoms with van der Waals surface area (Å²) in [7, 11) is 0. The second kappa shape index (κ2) is 7.73. The van der Waals surface area contributed by atoms with E-state index in [1.54, 1.807) is 0 Å². The molecule has 1 aliphatic carbocycles. The third-order valence-electron chi connectivity index (χ3n) is 4.61. The summed E-state index contributed by atoms with van der Waals surface area (Å²) in [6.07, 6.45) is 5.65. The van der Waals surface area contributed by atoms with Crippen LogP contribution in [0.5, 0.6) is 0 Å². The van der Waals surface area contributed by atoms with Crippen molar-refractivity contribution in [3.63, 3.8) is 0 Å². The number of anilines is 1. The maximum Gasteiger partial charge on any atom is 0.225 e. The fourth-order valence-corrected chi connectivity index (χ4v) is 3.30. The van der Waals surface area contributed by atoms with Crippen molar-refractivity contribution in [3.8, 4) is 0 Å². The van der Waals surface area contributed by atoms with Gasteiger partial charge in [0.15, 0.2) is 0 Å². The Hall–Kier alpha value is -1.69. The van der Waals surface area contributed by atoms with Crippen LogP contribution in [0.2, 0.25) is 0 Å². The van der Waals surface area contributed by atoms with Crippen molar-refractivity contribution in [1.29, 1.82) is 0 Å². The van der Waals surface area contributed by atoms with Crippen LogP contribution in [0.3, 0.4) is 0 Å². The fraction of sp³-hybridized carbons (Fsp3) is 0.706. The number of carbonyl (C=O) groups excluding carboxylic acids is 1. The molecule has 0 spiro atoms. The molecule has 6 nitrogen and oxygen atoms in total.